The van der Waals surface area contributed by atoms with Crippen LogP contribution in [0.15, 0.2) is 71.1 Å². The Morgan fingerprint density at radius 3 is 2.25 bits per heavy atom. The van der Waals surface area contributed by atoms with Gasteiger partial charge < -0.3 is 0 Å². The first-order valence-electron chi connectivity index (χ1n) is 8.04. The van der Waals surface area contributed by atoms with Gasteiger partial charge in [-0.25, -0.2) is 0 Å². The minimum Gasteiger partial charge on any atom is -0.266 e. The lowest BCUT2D eigenvalue weighted by molar-refractivity contribution is 0.307. The fourth-order valence-electron chi connectivity index (χ4n) is 2.51. The molecule has 128 valence electrons. The molecule has 0 aromatic heterocycles. The Bertz CT molecular complexity index is 771. The summed E-state index contributed by atoms with van der Waals surface area (Å²) in [6.07, 6.45) is 2.76. The van der Waals surface area contributed by atoms with E-state index in [1.807, 2.05) is 39.0 Å². The number of aryl methyl sites for hydroxylation is 1. The molecule has 0 aliphatic carbocycles. The summed E-state index contributed by atoms with van der Waals surface area (Å²) in [5, 5.41) is 0. The molecular weight excluding hydrogens is 320 g/mol. The predicted molar refractivity (Wildman–Crippen MR) is 97.5 cm³/mol. The van der Waals surface area contributed by atoms with E-state index in [-0.39, 0.29) is 17.4 Å². The highest BCUT2D eigenvalue weighted by Gasteiger charge is 2.16. The van der Waals surface area contributed by atoms with Gasteiger partial charge in [0.1, 0.15) is 0 Å². The van der Waals surface area contributed by atoms with Crippen molar-refractivity contribution in [2.75, 3.05) is 6.61 Å². The molecule has 0 amide bonds. The van der Waals surface area contributed by atoms with E-state index >= 15 is 0 Å². The molecule has 24 heavy (non-hydrogen) atoms. The monoisotopic (exact) mass is 344 g/mol. The maximum absolute atomic E-state index is 12.2. The number of rotatable bonds is 7. The average molecular weight is 344 g/mol. The Balaban J connectivity index is 2.04. The van der Waals surface area contributed by atoms with Gasteiger partial charge in [0, 0.05) is 5.92 Å². The molecular formula is C20H24O3S. The van der Waals surface area contributed by atoms with Crippen molar-refractivity contribution in [1.82, 2.24) is 0 Å². The summed E-state index contributed by atoms with van der Waals surface area (Å²) < 4.78 is 29.7. The third-order valence-corrected chi connectivity index (χ3v) is 5.07. The topological polar surface area (TPSA) is 43.4 Å². The van der Waals surface area contributed by atoms with Gasteiger partial charge in [0.25, 0.3) is 10.1 Å². The van der Waals surface area contributed by atoms with Crippen LogP contribution >= 0.6 is 0 Å². The number of hydrogen-bond donors (Lipinski definition) is 0. The summed E-state index contributed by atoms with van der Waals surface area (Å²) in [4.78, 5) is 0.201. The lowest BCUT2D eigenvalue weighted by atomic mass is 9.94. The minimum atomic E-state index is -3.70. The molecule has 0 saturated heterocycles. The van der Waals surface area contributed by atoms with Crippen LogP contribution in [0.3, 0.4) is 0 Å². The Morgan fingerprint density at radius 1 is 1.04 bits per heavy atom. The van der Waals surface area contributed by atoms with Crippen molar-refractivity contribution in [3.63, 3.8) is 0 Å². The van der Waals surface area contributed by atoms with Gasteiger partial charge in [-0.15, -0.1) is 0 Å². The van der Waals surface area contributed by atoms with Crippen LogP contribution in [0.2, 0.25) is 0 Å². The van der Waals surface area contributed by atoms with Gasteiger partial charge in [-0.2, -0.15) is 8.42 Å². The molecule has 0 saturated carbocycles. The fourth-order valence-corrected chi connectivity index (χ4v) is 3.43. The Hall–Kier alpha value is -1.91. The lowest BCUT2D eigenvalue weighted by Gasteiger charge is -2.14. The van der Waals surface area contributed by atoms with Crippen LogP contribution in [0.1, 0.15) is 37.3 Å². The standard InChI is InChI=1S/C20H24O3S/c1-16(2)15-19(18-7-5-4-6-8-18)13-14-23-24(21,22)20-11-9-17(3)10-12-20/h4-12,15,19H,13-14H2,1-3H3. The molecule has 0 fully saturated rings. The van der Waals surface area contributed by atoms with Crippen molar-refractivity contribution in [3.05, 3.63) is 77.4 Å². The van der Waals surface area contributed by atoms with Gasteiger partial charge in [0.2, 0.25) is 0 Å². The molecule has 0 heterocycles. The largest absolute Gasteiger partial charge is 0.296 e. The Labute approximate surface area is 145 Å². The lowest BCUT2D eigenvalue weighted by Crippen LogP contribution is -2.10. The van der Waals surface area contributed by atoms with Crippen molar-refractivity contribution < 1.29 is 12.6 Å². The fraction of sp³-hybridized carbons (Fsp3) is 0.300. The zero-order chi connectivity index (χ0) is 17.6. The van der Waals surface area contributed by atoms with E-state index in [0.29, 0.717) is 6.42 Å². The highest BCUT2D eigenvalue weighted by Crippen LogP contribution is 2.23. The van der Waals surface area contributed by atoms with Crippen LogP contribution in [-0.4, -0.2) is 15.0 Å². The summed E-state index contributed by atoms with van der Waals surface area (Å²) in [7, 11) is -3.70. The molecule has 3 nitrogen and oxygen atoms in total. The Kier molecular flexibility index (Phi) is 6.35. The van der Waals surface area contributed by atoms with E-state index in [1.165, 1.54) is 5.57 Å². The zero-order valence-corrected chi connectivity index (χ0v) is 15.2. The molecule has 2 aromatic carbocycles. The highest BCUT2D eigenvalue weighted by molar-refractivity contribution is 7.86. The van der Waals surface area contributed by atoms with Crippen LogP contribution in [0.5, 0.6) is 0 Å². The molecule has 0 N–H and O–H groups in total. The zero-order valence-electron chi connectivity index (χ0n) is 14.4. The van der Waals surface area contributed by atoms with E-state index in [4.69, 9.17) is 4.18 Å². The van der Waals surface area contributed by atoms with Crippen molar-refractivity contribution in [1.29, 1.82) is 0 Å². The van der Waals surface area contributed by atoms with E-state index < -0.39 is 10.1 Å². The first-order valence-corrected chi connectivity index (χ1v) is 9.45. The van der Waals surface area contributed by atoms with Crippen LogP contribution < -0.4 is 0 Å². The average Bonchev–Trinajstić information content (AvgIpc) is 2.54. The number of hydrogen-bond acceptors (Lipinski definition) is 3. The van der Waals surface area contributed by atoms with Gasteiger partial charge in [0.15, 0.2) is 0 Å². The van der Waals surface area contributed by atoms with E-state index in [1.54, 1.807) is 24.3 Å². The van der Waals surface area contributed by atoms with E-state index in [9.17, 15) is 8.42 Å². The molecule has 2 rings (SSSR count). The first kappa shape index (κ1) is 18.4. The molecule has 2 aromatic rings. The molecule has 0 aliphatic rings. The quantitative estimate of drug-likeness (QED) is 0.533. The van der Waals surface area contributed by atoms with Crippen molar-refractivity contribution in [2.45, 2.75) is 38.0 Å². The first-order chi connectivity index (χ1) is 11.4. The Morgan fingerprint density at radius 2 is 1.67 bits per heavy atom. The van der Waals surface area contributed by atoms with Gasteiger partial charge in [0.05, 0.1) is 11.5 Å². The third-order valence-electron chi connectivity index (χ3n) is 3.74. The van der Waals surface area contributed by atoms with E-state index in [2.05, 4.69) is 18.2 Å². The van der Waals surface area contributed by atoms with Crippen LogP contribution in [0.4, 0.5) is 0 Å². The smallest absolute Gasteiger partial charge is 0.266 e. The van der Waals surface area contributed by atoms with Crippen molar-refractivity contribution in [2.24, 2.45) is 0 Å². The number of allylic oxidation sites excluding steroid dienone is 2. The molecule has 1 unspecified atom stereocenters. The van der Waals surface area contributed by atoms with Gasteiger partial charge in [-0.1, -0.05) is 59.7 Å². The van der Waals surface area contributed by atoms with Crippen molar-refractivity contribution in [3.8, 4) is 0 Å². The summed E-state index contributed by atoms with van der Waals surface area (Å²) in [5.74, 6) is 0.143. The second-order valence-electron chi connectivity index (χ2n) is 6.14. The van der Waals surface area contributed by atoms with Crippen LogP contribution in [-0.2, 0) is 14.3 Å². The molecule has 4 heteroatoms. The maximum atomic E-state index is 12.2. The molecule has 0 bridgehead atoms. The predicted octanol–water partition coefficient (Wildman–Crippen LogP) is 4.84. The molecule has 0 spiro atoms. The summed E-state index contributed by atoms with van der Waals surface area (Å²) in [5.41, 5.74) is 3.38. The minimum absolute atomic E-state index is 0.143. The maximum Gasteiger partial charge on any atom is 0.296 e. The normalized spacial score (nSPS) is 12.6. The molecule has 1 atom stereocenters. The van der Waals surface area contributed by atoms with Gasteiger partial charge in [-0.3, -0.25) is 4.18 Å². The SMILES string of the molecule is CC(C)=CC(CCOS(=O)(=O)c1ccc(C)cc1)c1ccccc1. The molecule has 0 radical (unpaired) electrons. The summed E-state index contributed by atoms with van der Waals surface area (Å²) in [6, 6.07) is 16.8. The highest BCUT2D eigenvalue weighted by atomic mass is 32.2. The van der Waals surface area contributed by atoms with Crippen LogP contribution in [0, 0.1) is 6.92 Å². The molecule has 0 aliphatic heterocycles. The van der Waals surface area contributed by atoms with E-state index in [0.717, 1.165) is 11.1 Å². The van der Waals surface area contributed by atoms with Gasteiger partial charge in [-0.05, 0) is 44.9 Å². The number of benzene rings is 2. The van der Waals surface area contributed by atoms with Crippen LogP contribution in [0.25, 0.3) is 0 Å². The second-order valence-corrected chi connectivity index (χ2v) is 7.75. The second kappa shape index (κ2) is 8.27. The third kappa shape index (κ3) is 5.32. The van der Waals surface area contributed by atoms with Gasteiger partial charge >= 0.3 is 0 Å². The summed E-state index contributed by atoms with van der Waals surface area (Å²) in [6.45, 7) is 6.15. The van der Waals surface area contributed by atoms with Crippen molar-refractivity contribution >= 4 is 10.1 Å². The summed E-state index contributed by atoms with van der Waals surface area (Å²) >= 11 is 0.